The van der Waals surface area contributed by atoms with E-state index in [0.29, 0.717) is 24.9 Å². The highest BCUT2D eigenvalue weighted by atomic mass is 32.2. The molecule has 2 aliphatic rings. The minimum atomic E-state index is -0.211. The van der Waals surface area contributed by atoms with Crippen LogP contribution in [0.1, 0.15) is 18.9 Å². The van der Waals surface area contributed by atoms with Crippen molar-refractivity contribution in [3.8, 4) is 22.9 Å². The molecule has 33 heavy (non-hydrogen) atoms. The lowest BCUT2D eigenvalue weighted by Crippen LogP contribution is -2.41. The van der Waals surface area contributed by atoms with E-state index in [0.717, 1.165) is 46.0 Å². The third-order valence-electron chi connectivity index (χ3n) is 5.83. The molecule has 0 spiro atoms. The van der Waals surface area contributed by atoms with Crippen molar-refractivity contribution in [3.63, 3.8) is 0 Å². The quantitative estimate of drug-likeness (QED) is 0.407. The van der Waals surface area contributed by atoms with Crippen LogP contribution in [0.15, 0.2) is 59.9 Å². The normalized spacial score (nSPS) is 17.3. The van der Waals surface area contributed by atoms with Crippen LogP contribution < -0.4 is 14.8 Å². The number of aromatic amines is 1. The fourth-order valence-corrected chi connectivity index (χ4v) is 4.89. The summed E-state index contributed by atoms with van der Waals surface area (Å²) < 4.78 is 13.8. The number of ether oxygens (including phenoxy) is 2. The first-order valence-electron chi connectivity index (χ1n) is 11.1. The lowest BCUT2D eigenvalue weighted by molar-refractivity contribution is -0.119. The molecule has 168 valence electrons. The molecule has 1 aliphatic heterocycles. The van der Waals surface area contributed by atoms with Gasteiger partial charge in [-0.3, -0.25) is 9.36 Å². The van der Waals surface area contributed by atoms with Crippen molar-refractivity contribution in [2.45, 2.75) is 30.1 Å². The Labute approximate surface area is 194 Å². The van der Waals surface area contributed by atoms with Gasteiger partial charge in [0.05, 0.1) is 12.3 Å². The fraction of sp³-hybridized carbons (Fsp3) is 0.292. The fourth-order valence-electron chi connectivity index (χ4n) is 4.05. The van der Waals surface area contributed by atoms with Gasteiger partial charge in [-0.15, -0.1) is 10.2 Å². The summed E-state index contributed by atoms with van der Waals surface area (Å²) in [6.07, 6.45) is 3.98. The van der Waals surface area contributed by atoms with Crippen LogP contribution in [0.25, 0.3) is 22.3 Å². The molecule has 1 unspecified atom stereocenters. The number of rotatable bonds is 7. The molecule has 3 heterocycles. The summed E-state index contributed by atoms with van der Waals surface area (Å²) in [4.78, 5) is 15.8. The molecule has 1 fully saturated rings. The van der Waals surface area contributed by atoms with Gasteiger partial charge in [0.25, 0.3) is 0 Å². The van der Waals surface area contributed by atoms with Crippen molar-refractivity contribution >= 4 is 28.6 Å². The molecule has 1 saturated carbocycles. The van der Waals surface area contributed by atoms with Crippen molar-refractivity contribution in [2.24, 2.45) is 0 Å². The van der Waals surface area contributed by atoms with E-state index in [1.165, 1.54) is 11.8 Å². The van der Waals surface area contributed by atoms with Crippen LogP contribution in [-0.2, 0) is 4.79 Å². The molecule has 0 saturated heterocycles. The van der Waals surface area contributed by atoms with Gasteiger partial charge in [0.15, 0.2) is 22.5 Å². The van der Waals surface area contributed by atoms with Crippen LogP contribution in [0.3, 0.4) is 0 Å². The van der Waals surface area contributed by atoms with Gasteiger partial charge < -0.3 is 19.8 Å². The number of carbonyl (C=O) groups is 1. The molecule has 1 aliphatic carbocycles. The zero-order valence-electron chi connectivity index (χ0n) is 17.9. The number of nitrogens with one attached hydrogen (secondary N) is 2. The summed E-state index contributed by atoms with van der Waals surface area (Å²) in [6, 6.07) is 16.1. The van der Waals surface area contributed by atoms with Crippen molar-refractivity contribution in [2.75, 3.05) is 18.9 Å². The van der Waals surface area contributed by atoms with Crippen LogP contribution in [0.4, 0.5) is 0 Å². The second-order valence-electron chi connectivity index (χ2n) is 8.25. The van der Waals surface area contributed by atoms with E-state index in [-0.39, 0.29) is 17.8 Å². The number of carbonyl (C=O) groups excluding carboxylic acids is 1. The number of H-pyrrole nitrogens is 1. The second kappa shape index (κ2) is 8.47. The van der Waals surface area contributed by atoms with Crippen LogP contribution in [-0.4, -0.2) is 50.7 Å². The van der Waals surface area contributed by atoms with E-state index >= 15 is 0 Å². The Morgan fingerprint density at radius 3 is 2.82 bits per heavy atom. The molecule has 0 radical (unpaired) electrons. The standard InChI is InChI=1S/C24H23N5O3S/c30-22(26-11-16-13-31-20-7-3-4-8-21(20)32-16)14-33-24-28-27-23(29(24)15-9-10-15)18-12-25-19-6-2-1-5-17(18)19/h1-8,12,15-16,25H,9-11,13-14H2,(H,26,30). The number of nitrogens with zero attached hydrogens (tertiary/aromatic N) is 3. The van der Waals surface area contributed by atoms with Gasteiger partial charge in [-0.05, 0) is 31.0 Å². The molecule has 0 bridgehead atoms. The van der Waals surface area contributed by atoms with E-state index in [2.05, 4.69) is 37.2 Å². The van der Waals surface area contributed by atoms with Crippen LogP contribution in [0.5, 0.6) is 11.5 Å². The highest BCUT2D eigenvalue weighted by Crippen LogP contribution is 2.42. The van der Waals surface area contributed by atoms with Crippen molar-refractivity contribution < 1.29 is 14.3 Å². The average Bonchev–Trinajstić information content (AvgIpc) is 3.46. The SMILES string of the molecule is O=C(CSc1nnc(-c2c[nH]c3ccccc23)n1C1CC1)NCC1COc2ccccc2O1. The first-order chi connectivity index (χ1) is 16.3. The molecular formula is C24H23N5O3S. The van der Waals surface area contributed by atoms with E-state index in [1.807, 2.05) is 42.6 Å². The number of benzene rings is 2. The molecule has 8 nitrogen and oxygen atoms in total. The minimum absolute atomic E-state index is 0.0681. The van der Waals surface area contributed by atoms with E-state index in [9.17, 15) is 4.79 Å². The number of amides is 1. The van der Waals surface area contributed by atoms with E-state index in [1.54, 1.807) is 0 Å². The first-order valence-corrected chi connectivity index (χ1v) is 12.0. The number of hydrogen-bond acceptors (Lipinski definition) is 6. The van der Waals surface area contributed by atoms with Crippen LogP contribution in [0, 0.1) is 0 Å². The molecule has 6 rings (SSSR count). The maximum Gasteiger partial charge on any atom is 0.230 e. The third-order valence-corrected chi connectivity index (χ3v) is 6.78. The zero-order valence-corrected chi connectivity index (χ0v) is 18.7. The lowest BCUT2D eigenvalue weighted by atomic mass is 10.1. The van der Waals surface area contributed by atoms with Gasteiger partial charge in [0.1, 0.15) is 12.7 Å². The van der Waals surface area contributed by atoms with E-state index < -0.39 is 0 Å². The topological polar surface area (TPSA) is 94.1 Å². The number of para-hydroxylation sites is 3. The van der Waals surface area contributed by atoms with Gasteiger partial charge >= 0.3 is 0 Å². The second-order valence-corrected chi connectivity index (χ2v) is 9.19. The minimum Gasteiger partial charge on any atom is -0.486 e. The summed E-state index contributed by atoms with van der Waals surface area (Å²) in [5.41, 5.74) is 2.11. The Morgan fingerprint density at radius 2 is 1.94 bits per heavy atom. The first kappa shape index (κ1) is 20.2. The van der Waals surface area contributed by atoms with Gasteiger partial charge in [-0.25, -0.2) is 0 Å². The maximum atomic E-state index is 12.5. The van der Waals surface area contributed by atoms with Crippen molar-refractivity contribution in [1.82, 2.24) is 25.1 Å². The van der Waals surface area contributed by atoms with Gasteiger partial charge in [0, 0.05) is 28.7 Å². The van der Waals surface area contributed by atoms with Gasteiger partial charge in [-0.1, -0.05) is 42.1 Å². The number of aromatic nitrogens is 4. The molecule has 2 aromatic heterocycles. The third kappa shape index (κ3) is 4.04. The summed E-state index contributed by atoms with van der Waals surface area (Å²) in [5, 5.41) is 13.8. The monoisotopic (exact) mass is 461 g/mol. The van der Waals surface area contributed by atoms with E-state index in [4.69, 9.17) is 9.47 Å². The molecule has 2 aromatic carbocycles. The Bertz CT molecular complexity index is 1310. The predicted octanol–water partition coefficient (Wildman–Crippen LogP) is 3.81. The van der Waals surface area contributed by atoms with Crippen LogP contribution in [0.2, 0.25) is 0 Å². The highest BCUT2D eigenvalue weighted by Gasteiger charge is 2.31. The number of thioether (sulfide) groups is 1. The highest BCUT2D eigenvalue weighted by molar-refractivity contribution is 7.99. The summed E-state index contributed by atoms with van der Waals surface area (Å²) in [5.74, 6) is 2.50. The van der Waals surface area contributed by atoms with Gasteiger partial charge in [0.2, 0.25) is 5.91 Å². The smallest absolute Gasteiger partial charge is 0.230 e. The number of fused-ring (bicyclic) bond motifs is 2. The zero-order chi connectivity index (χ0) is 22.2. The summed E-state index contributed by atoms with van der Waals surface area (Å²) in [6.45, 7) is 0.804. The molecule has 9 heteroatoms. The Morgan fingerprint density at radius 1 is 1.12 bits per heavy atom. The Hall–Kier alpha value is -3.46. The summed E-state index contributed by atoms with van der Waals surface area (Å²) >= 11 is 1.42. The maximum absolute atomic E-state index is 12.5. The number of hydrogen-bond donors (Lipinski definition) is 2. The molecular weight excluding hydrogens is 438 g/mol. The predicted molar refractivity (Wildman–Crippen MR) is 126 cm³/mol. The summed E-state index contributed by atoms with van der Waals surface area (Å²) in [7, 11) is 0. The average molecular weight is 462 g/mol. The largest absolute Gasteiger partial charge is 0.486 e. The molecule has 2 N–H and O–H groups in total. The van der Waals surface area contributed by atoms with Crippen molar-refractivity contribution in [3.05, 3.63) is 54.7 Å². The Kier molecular flexibility index (Phi) is 5.18. The van der Waals surface area contributed by atoms with Crippen LogP contribution >= 0.6 is 11.8 Å². The van der Waals surface area contributed by atoms with Gasteiger partial charge in [-0.2, -0.15) is 0 Å². The molecule has 1 amide bonds. The Balaban J connectivity index is 1.10. The van der Waals surface area contributed by atoms with Crippen molar-refractivity contribution in [1.29, 1.82) is 0 Å². The lowest BCUT2D eigenvalue weighted by Gasteiger charge is -2.26. The molecule has 1 atom stereocenters. The molecule has 4 aromatic rings.